The van der Waals surface area contributed by atoms with E-state index in [0.29, 0.717) is 18.1 Å². The van der Waals surface area contributed by atoms with Gasteiger partial charge >= 0.3 is 0 Å². The van der Waals surface area contributed by atoms with Crippen molar-refractivity contribution in [3.8, 4) is 0 Å². The summed E-state index contributed by atoms with van der Waals surface area (Å²) < 4.78 is 0. The van der Waals surface area contributed by atoms with Gasteiger partial charge in [-0.25, -0.2) is 0 Å². The van der Waals surface area contributed by atoms with Gasteiger partial charge in [-0.1, -0.05) is 72.8 Å². The van der Waals surface area contributed by atoms with E-state index in [4.69, 9.17) is 12.2 Å². The third-order valence-corrected chi connectivity index (χ3v) is 5.44. The zero-order valence-electron chi connectivity index (χ0n) is 17.3. The van der Waals surface area contributed by atoms with Gasteiger partial charge in [0.15, 0.2) is 5.11 Å². The molecule has 0 atom stereocenters. The summed E-state index contributed by atoms with van der Waals surface area (Å²) in [4.78, 5) is 10.6. The Morgan fingerprint density at radius 1 is 0.900 bits per heavy atom. The number of carbonyl (C=O) groups excluding carboxylic acids is 1. The second-order valence-electron chi connectivity index (χ2n) is 7.26. The first-order valence-electron chi connectivity index (χ1n) is 9.95. The number of amides is 1. The zero-order valence-corrected chi connectivity index (χ0v) is 18.1. The Morgan fingerprint density at radius 2 is 1.60 bits per heavy atom. The summed E-state index contributed by atoms with van der Waals surface area (Å²) in [5.74, 6) is 0. The second-order valence-corrected chi connectivity index (χ2v) is 7.67. The molecule has 0 saturated heterocycles. The molecule has 0 heterocycles. The maximum absolute atomic E-state index is 10.6. The number of aryl methyl sites for hydroxylation is 1. The van der Waals surface area contributed by atoms with E-state index in [1.165, 1.54) is 27.8 Å². The fourth-order valence-corrected chi connectivity index (χ4v) is 3.42. The molecule has 3 aromatic rings. The third kappa shape index (κ3) is 5.88. The number of thiocarbonyl (C=S) groups is 1. The van der Waals surface area contributed by atoms with E-state index in [2.05, 4.69) is 97.3 Å². The third-order valence-electron chi connectivity index (χ3n) is 5.18. The molecule has 0 aliphatic rings. The molecule has 3 rings (SSSR count). The molecule has 0 aliphatic carbocycles. The smallest absolute Gasteiger partial charge is 0.213 e. The molecule has 0 bridgehead atoms. The zero-order chi connectivity index (χ0) is 21.3. The first-order valence-corrected chi connectivity index (χ1v) is 10.4. The largest absolute Gasteiger partial charge is 0.358 e. The van der Waals surface area contributed by atoms with E-state index in [-0.39, 0.29) is 0 Å². The Labute approximate surface area is 183 Å². The van der Waals surface area contributed by atoms with Gasteiger partial charge in [0.1, 0.15) is 0 Å². The lowest BCUT2D eigenvalue weighted by Gasteiger charge is -2.13. The number of nitrogens with one attached hydrogen (secondary N) is 2. The number of benzene rings is 3. The maximum Gasteiger partial charge on any atom is 0.213 e. The molecule has 0 unspecified atom stereocenters. The maximum atomic E-state index is 10.6. The number of hydrogen-bond donors (Lipinski definition) is 2. The van der Waals surface area contributed by atoms with Crippen LogP contribution in [0.25, 0.3) is 11.6 Å². The Morgan fingerprint density at radius 3 is 2.30 bits per heavy atom. The second kappa shape index (κ2) is 10.5. The van der Waals surface area contributed by atoms with Crippen LogP contribution in [0.4, 0.5) is 0 Å². The Balaban J connectivity index is 1.87. The van der Waals surface area contributed by atoms with Gasteiger partial charge in [0.2, 0.25) is 6.41 Å². The SMILES string of the molecule is Cc1cccc(/C=C(\CNC(=S)NC=O)c2ccc(Cc3ccccc3)cc2)c1C. The minimum Gasteiger partial charge on any atom is -0.358 e. The van der Waals surface area contributed by atoms with Gasteiger partial charge in [-0.2, -0.15) is 0 Å². The average molecular weight is 415 g/mol. The summed E-state index contributed by atoms with van der Waals surface area (Å²) in [7, 11) is 0. The van der Waals surface area contributed by atoms with Gasteiger partial charge < -0.3 is 10.6 Å². The van der Waals surface area contributed by atoms with Crippen molar-refractivity contribution in [2.45, 2.75) is 20.3 Å². The quantitative estimate of drug-likeness (QED) is 0.323. The van der Waals surface area contributed by atoms with Gasteiger partial charge in [-0.3, -0.25) is 4.79 Å². The van der Waals surface area contributed by atoms with Crippen molar-refractivity contribution in [2.75, 3.05) is 6.54 Å². The van der Waals surface area contributed by atoms with Crippen molar-refractivity contribution in [1.29, 1.82) is 0 Å². The highest BCUT2D eigenvalue weighted by Crippen LogP contribution is 2.22. The molecule has 152 valence electrons. The molecular weight excluding hydrogens is 388 g/mol. The minimum absolute atomic E-state index is 0.317. The van der Waals surface area contributed by atoms with Gasteiger partial charge in [-0.05, 0) is 77.5 Å². The fraction of sp³-hybridized carbons (Fsp3) is 0.154. The first kappa shape index (κ1) is 21.5. The van der Waals surface area contributed by atoms with Gasteiger partial charge in [-0.15, -0.1) is 0 Å². The van der Waals surface area contributed by atoms with Crippen LogP contribution in [0.15, 0.2) is 72.8 Å². The summed E-state index contributed by atoms with van der Waals surface area (Å²) in [6.45, 7) is 4.77. The Kier molecular flexibility index (Phi) is 7.52. The van der Waals surface area contributed by atoms with Crippen LogP contribution < -0.4 is 10.6 Å². The van der Waals surface area contributed by atoms with Crippen molar-refractivity contribution in [3.05, 3.63) is 106 Å². The van der Waals surface area contributed by atoms with Gasteiger partial charge in [0, 0.05) is 6.54 Å². The lowest BCUT2D eigenvalue weighted by atomic mass is 9.96. The highest BCUT2D eigenvalue weighted by atomic mass is 32.1. The number of hydrogen-bond acceptors (Lipinski definition) is 2. The van der Waals surface area contributed by atoms with Crippen molar-refractivity contribution in [3.63, 3.8) is 0 Å². The monoisotopic (exact) mass is 414 g/mol. The van der Waals surface area contributed by atoms with Crippen LogP contribution in [0.2, 0.25) is 0 Å². The average Bonchev–Trinajstić information content (AvgIpc) is 2.76. The Hall–Kier alpha value is -3.24. The first-order chi connectivity index (χ1) is 14.6. The highest BCUT2D eigenvalue weighted by Gasteiger charge is 2.07. The standard InChI is InChI=1S/C26H26N2OS/c1-19-7-6-10-24(20(19)2)16-25(17-27-26(30)28-18-29)23-13-11-22(12-14-23)15-21-8-4-3-5-9-21/h3-14,16,18H,15,17H2,1-2H3,(H2,27,28,29,30)/b25-16+. The molecular formula is C26H26N2OS. The molecule has 1 amide bonds. The van der Waals surface area contributed by atoms with E-state index in [9.17, 15) is 4.79 Å². The molecule has 0 saturated carbocycles. The summed E-state index contributed by atoms with van der Waals surface area (Å²) in [5, 5.41) is 5.91. The molecule has 0 fully saturated rings. The summed E-state index contributed by atoms with van der Waals surface area (Å²) >= 11 is 5.15. The normalized spacial score (nSPS) is 11.1. The minimum atomic E-state index is 0.317. The van der Waals surface area contributed by atoms with Crippen LogP contribution in [0.5, 0.6) is 0 Å². The van der Waals surface area contributed by atoms with Gasteiger partial charge in [0.25, 0.3) is 0 Å². The lowest BCUT2D eigenvalue weighted by molar-refractivity contribution is -0.108. The van der Waals surface area contributed by atoms with Crippen molar-refractivity contribution in [1.82, 2.24) is 10.6 Å². The van der Waals surface area contributed by atoms with E-state index in [1.54, 1.807) is 0 Å². The van der Waals surface area contributed by atoms with Crippen molar-refractivity contribution in [2.24, 2.45) is 0 Å². The van der Waals surface area contributed by atoms with Crippen LogP contribution in [-0.2, 0) is 11.2 Å². The van der Waals surface area contributed by atoms with Crippen LogP contribution in [0, 0.1) is 13.8 Å². The van der Waals surface area contributed by atoms with Crippen LogP contribution in [0.3, 0.4) is 0 Å². The summed E-state index contributed by atoms with van der Waals surface area (Å²) in [6, 6.07) is 25.4. The molecule has 0 spiro atoms. The highest BCUT2D eigenvalue weighted by molar-refractivity contribution is 7.80. The van der Waals surface area contributed by atoms with E-state index in [0.717, 1.165) is 17.6 Å². The molecule has 4 heteroatoms. The van der Waals surface area contributed by atoms with Crippen LogP contribution in [-0.4, -0.2) is 18.1 Å². The molecule has 0 aliphatic heterocycles. The van der Waals surface area contributed by atoms with E-state index in [1.807, 2.05) is 6.07 Å². The molecule has 0 aromatic heterocycles. The van der Waals surface area contributed by atoms with Crippen molar-refractivity contribution >= 4 is 35.4 Å². The van der Waals surface area contributed by atoms with Crippen molar-refractivity contribution < 1.29 is 4.79 Å². The fourth-order valence-electron chi connectivity index (χ4n) is 3.30. The summed E-state index contributed by atoms with van der Waals surface area (Å²) in [5.41, 5.74) is 8.47. The Bertz CT molecular complexity index is 1040. The molecule has 3 aromatic carbocycles. The predicted molar refractivity (Wildman–Crippen MR) is 129 cm³/mol. The molecule has 2 N–H and O–H groups in total. The molecule has 30 heavy (non-hydrogen) atoms. The summed E-state index contributed by atoms with van der Waals surface area (Å²) in [6.07, 6.45) is 3.68. The van der Waals surface area contributed by atoms with E-state index >= 15 is 0 Å². The topological polar surface area (TPSA) is 41.1 Å². The number of rotatable bonds is 7. The van der Waals surface area contributed by atoms with E-state index < -0.39 is 0 Å². The lowest BCUT2D eigenvalue weighted by Crippen LogP contribution is -2.35. The predicted octanol–water partition coefficient (Wildman–Crippen LogP) is 5.06. The molecule has 0 radical (unpaired) electrons. The van der Waals surface area contributed by atoms with Gasteiger partial charge in [0.05, 0.1) is 0 Å². The van der Waals surface area contributed by atoms with Crippen LogP contribution >= 0.6 is 12.2 Å². The molecule has 3 nitrogen and oxygen atoms in total. The van der Waals surface area contributed by atoms with Crippen LogP contribution in [0.1, 0.15) is 33.4 Å². The number of carbonyl (C=O) groups is 1.